The van der Waals surface area contributed by atoms with Gasteiger partial charge in [-0.15, -0.1) is 0 Å². The van der Waals surface area contributed by atoms with Crippen molar-refractivity contribution in [2.24, 2.45) is 0 Å². The molecule has 0 spiro atoms. The van der Waals surface area contributed by atoms with Crippen molar-refractivity contribution in [1.29, 1.82) is 0 Å². The summed E-state index contributed by atoms with van der Waals surface area (Å²) in [6.07, 6.45) is 2.39. The van der Waals surface area contributed by atoms with Gasteiger partial charge in [-0.2, -0.15) is 11.8 Å². The van der Waals surface area contributed by atoms with Crippen LogP contribution in [0.1, 0.15) is 44.7 Å². The smallest absolute Gasteiger partial charge is 0.122 e. The number of hydrogen-bond donors (Lipinski definition) is 1. The second-order valence-electron chi connectivity index (χ2n) is 4.85. The zero-order valence-corrected chi connectivity index (χ0v) is 13.5. The molecule has 0 aliphatic rings. The Balaban J connectivity index is 2.66. The van der Waals surface area contributed by atoms with E-state index in [2.05, 4.69) is 44.3 Å². The molecule has 0 heterocycles. The van der Waals surface area contributed by atoms with Gasteiger partial charge in [-0.25, -0.2) is 0 Å². The van der Waals surface area contributed by atoms with Gasteiger partial charge >= 0.3 is 0 Å². The molecule has 0 fully saturated rings. The Morgan fingerprint density at radius 2 is 2.11 bits per heavy atom. The summed E-state index contributed by atoms with van der Waals surface area (Å²) in [7, 11) is 1.75. The summed E-state index contributed by atoms with van der Waals surface area (Å²) in [6, 6.07) is 6.52. The zero-order valence-electron chi connectivity index (χ0n) is 12.7. The molecule has 0 amide bonds. The lowest BCUT2D eigenvalue weighted by atomic mass is 10.1. The van der Waals surface area contributed by atoms with Crippen LogP contribution in [0.15, 0.2) is 18.2 Å². The highest BCUT2D eigenvalue weighted by atomic mass is 32.2. The van der Waals surface area contributed by atoms with Crippen LogP contribution in [-0.2, 0) is 12.3 Å². The van der Waals surface area contributed by atoms with E-state index in [1.807, 2.05) is 11.8 Å². The Kier molecular flexibility index (Phi) is 7.99. The van der Waals surface area contributed by atoms with E-state index in [9.17, 15) is 0 Å². The Morgan fingerprint density at radius 3 is 2.74 bits per heavy atom. The van der Waals surface area contributed by atoms with E-state index in [-0.39, 0.29) is 0 Å². The van der Waals surface area contributed by atoms with Crippen LogP contribution in [0.4, 0.5) is 0 Å². The molecule has 2 nitrogen and oxygen atoms in total. The van der Waals surface area contributed by atoms with Crippen molar-refractivity contribution in [3.8, 4) is 5.75 Å². The van der Waals surface area contributed by atoms with E-state index in [4.69, 9.17) is 4.74 Å². The van der Waals surface area contributed by atoms with E-state index < -0.39 is 0 Å². The zero-order chi connectivity index (χ0) is 14.1. The first-order valence-corrected chi connectivity index (χ1v) is 8.24. The van der Waals surface area contributed by atoms with Crippen LogP contribution >= 0.6 is 11.8 Å². The van der Waals surface area contributed by atoms with Gasteiger partial charge in [0.25, 0.3) is 0 Å². The SMILES string of the molecule is CCCNCc1ccc(OC)c(CSC(C)CC)c1. The van der Waals surface area contributed by atoms with Crippen molar-refractivity contribution in [2.75, 3.05) is 13.7 Å². The summed E-state index contributed by atoms with van der Waals surface area (Å²) in [5, 5.41) is 4.15. The summed E-state index contributed by atoms with van der Waals surface area (Å²) in [4.78, 5) is 0. The van der Waals surface area contributed by atoms with Crippen LogP contribution in [-0.4, -0.2) is 18.9 Å². The van der Waals surface area contributed by atoms with Crippen molar-refractivity contribution in [3.63, 3.8) is 0 Å². The van der Waals surface area contributed by atoms with Gasteiger partial charge in [-0.1, -0.05) is 26.8 Å². The summed E-state index contributed by atoms with van der Waals surface area (Å²) >= 11 is 2.00. The fourth-order valence-corrected chi connectivity index (χ4v) is 2.74. The maximum Gasteiger partial charge on any atom is 0.122 e. The molecule has 1 aromatic carbocycles. The molecule has 0 aliphatic heterocycles. The first kappa shape index (κ1) is 16.4. The number of hydrogen-bond acceptors (Lipinski definition) is 3. The topological polar surface area (TPSA) is 21.3 Å². The fraction of sp³-hybridized carbons (Fsp3) is 0.625. The van der Waals surface area contributed by atoms with E-state index in [0.29, 0.717) is 5.25 Å². The summed E-state index contributed by atoms with van der Waals surface area (Å²) in [5.41, 5.74) is 2.65. The fourth-order valence-electron chi connectivity index (χ4n) is 1.81. The first-order valence-electron chi connectivity index (χ1n) is 7.19. The molecule has 0 aliphatic carbocycles. The van der Waals surface area contributed by atoms with Gasteiger partial charge in [0.15, 0.2) is 0 Å². The maximum absolute atomic E-state index is 5.46. The Hall–Kier alpha value is -0.670. The van der Waals surface area contributed by atoms with Crippen LogP contribution in [0.2, 0.25) is 0 Å². The van der Waals surface area contributed by atoms with Crippen molar-refractivity contribution in [3.05, 3.63) is 29.3 Å². The third-order valence-electron chi connectivity index (χ3n) is 3.20. The molecule has 1 rings (SSSR count). The van der Waals surface area contributed by atoms with Gasteiger partial charge in [-0.3, -0.25) is 0 Å². The average Bonchev–Trinajstić information content (AvgIpc) is 2.45. The third-order valence-corrected chi connectivity index (χ3v) is 4.58. The molecule has 1 aromatic rings. The Morgan fingerprint density at radius 1 is 1.32 bits per heavy atom. The molecular weight excluding hydrogens is 254 g/mol. The van der Waals surface area contributed by atoms with Crippen LogP contribution in [0.3, 0.4) is 0 Å². The Bertz CT molecular complexity index is 368. The highest BCUT2D eigenvalue weighted by Crippen LogP contribution is 2.27. The van der Waals surface area contributed by atoms with E-state index in [1.165, 1.54) is 24.0 Å². The average molecular weight is 281 g/mol. The molecule has 3 heteroatoms. The monoisotopic (exact) mass is 281 g/mol. The molecule has 108 valence electrons. The van der Waals surface area contributed by atoms with Gasteiger partial charge in [0.1, 0.15) is 5.75 Å². The summed E-state index contributed by atoms with van der Waals surface area (Å²) in [5.74, 6) is 2.04. The highest BCUT2D eigenvalue weighted by molar-refractivity contribution is 7.99. The van der Waals surface area contributed by atoms with Gasteiger partial charge in [-0.05, 0) is 37.1 Å². The number of rotatable bonds is 9. The number of ether oxygens (including phenoxy) is 1. The number of thioether (sulfide) groups is 1. The molecule has 1 atom stereocenters. The van der Waals surface area contributed by atoms with Crippen molar-refractivity contribution < 1.29 is 4.74 Å². The second kappa shape index (κ2) is 9.27. The standard InChI is InChI=1S/C16H27NOS/c1-5-9-17-11-14-7-8-16(18-4)15(10-14)12-19-13(3)6-2/h7-8,10,13,17H,5-6,9,11-12H2,1-4H3. The van der Waals surface area contributed by atoms with Crippen LogP contribution in [0, 0.1) is 0 Å². The lowest BCUT2D eigenvalue weighted by Gasteiger charge is -2.13. The molecule has 0 bridgehead atoms. The molecule has 0 radical (unpaired) electrons. The molecule has 19 heavy (non-hydrogen) atoms. The normalized spacial score (nSPS) is 12.4. The van der Waals surface area contributed by atoms with Crippen molar-refractivity contribution >= 4 is 11.8 Å². The summed E-state index contributed by atoms with van der Waals surface area (Å²) in [6.45, 7) is 8.72. The van der Waals surface area contributed by atoms with Crippen molar-refractivity contribution in [1.82, 2.24) is 5.32 Å². The molecular formula is C16H27NOS. The lowest BCUT2D eigenvalue weighted by molar-refractivity contribution is 0.411. The molecule has 1 N–H and O–H groups in total. The number of methoxy groups -OCH3 is 1. The van der Waals surface area contributed by atoms with E-state index in [0.717, 1.165) is 24.6 Å². The highest BCUT2D eigenvalue weighted by Gasteiger charge is 2.07. The minimum atomic E-state index is 0.701. The van der Waals surface area contributed by atoms with Crippen LogP contribution in [0.5, 0.6) is 5.75 Å². The van der Waals surface area contributed by atoms with E-state index in [1.54, 1.807) is 7.11 Å². The van der Waals surface area contributed by atoms with Crippen LogP contribution < -0.4 is 10.1 Å². The predicted molar refractivity (Wildman–Crippen MR) is 86.0 cm³/mol. The molecule has 0 saturated carbocycles. The maximum atomic E-state index is 5.46. The first-order chi connectivity index (χ1) is 9.21. The third kappa shape index (κ3) is 5.87. The van der Waals surface area contributed by atoms with Gasteiger partial charge in [0.05, 0.1) is 7.11 Å². The van der Waals surface area contributed by atoms with Crippen LogP contribution in [0.25, 0.3) is 0 Å². The largest absolute Gasteiger partial charge is 0.496 e. The minimum absolute atomic E-state index is 0.701. The minimum Gasteiger partial charge on any atom is -0.496 e. The summed E-state index contributed by atoms with van der Waals surface area (Å²) < 4.78 is 5.46. The van der Waals surface area contributed by atoms with Crippen molar-refractivity contribution in [2.45, 2.75) is 51.2 Å². The van der Waals surface area contributed by atoms with Gasteiger partial charge < -0.3 is 10.1 Å². The quantitative estimate of drug-likeness (QED) is 0.685. The number of benzene rings is 1. The number of nitrogens with one attached hydrogen (secondary N) is 1. The van der Waals surface area contributed by atoms with Gasteiger partial charge in [0, 0.05) is 23.1 Å². The lowest BCUT2D eigenvalue weighted by Crippen LogP contribution is -2.13. The second-order valence-corrected chi connectivity index (χ2v) is 6.28. The Labute approximate surface area is 122 Å². The predicted octanol–water partition coefficient (Wildman–Crippen LogP) is 4.23. The van der Waals surface area contributed by atoms with Gasteiger partial charge in [0.2, 0.25) is 0 Å². The molecule has 0 aromatic heterocycles. The molecule has 0 saturated heterocycles. The molecule has 1 unspecified atom stereocenters. The van der Waals surface area contributed by atoms with E-state index >= 15 is 0 Å².